The number of nitrogens with zero attached hydrogens (tertiary/aromatic N) is 2. The van der Waals surface area contributed by atoms with Crippen LogP contribution in [0.1, 0.15) is 19.8 Å². The molecule has 14 heavy (non-hydrogen) atoms. The van der Waals surface area contributed by atoms with E-state index in [4.69, 9.17) is 0 Å². The fourth-order valence-corrected chi connectivity index (χ4v) is 1.50. The van der Waals surface area contributed by atoms with Gasteiger partial charge in [-0.3, -0.25) is 14.6 Å². The molecule has 2 aromatic heterocycles. The van der Waals surface area contributed by atoms with E-state index in [0.29, 0.717) is 5.39 Å². The average molecular weight is 191 g/mol. The predicted molar refractivity (Wildman–Crippen MR) is 55.3 cm³/mol. The van der Waals surface area contributed by atoms with Gasteiger partial charge in [-0.15, -0.1) is 0 Å². The minimum absolute atomic E-state index is 0.0517. The number of hydrogen-bond acceptors (Lipinski definition) is 2. The van der Waals surface area contributed by atoms with Crippen LogP contribution < -0.4 is 5.56 Å². The van der Waals surface area contributed by atoms with E-state index < -0.39 is 0 Å². The topological polar surface area (TPSA) is 50.7 Å². The molecular formula is C10H13N3O. The third-order valence-corrected chi connectivity index (χ3v) is 2.26. The Labute approximate surface area is 81.6 Å². The van der Waals surface area contributed by atoms with E-state index in [1.807, 2.05) is 4.68 Å². The molecule has 0 aliphatic carbocycles. The molecule has 4 nitrogen and oxygen atoms in total. The minimum Gasteiger partial charge on any atom is -0.267 e. The highest BCUT2D eigenvalue weighted by atomic mass is 16.1. The quantitative estimate of drug-likeness (QED) is 0.799. The van der Waals surface area contributed by atoms with Crippen LogP contribution >= 0.6 is 0 Å². The summed E-state index contributed by atoms with van der Waals surface area (Å²) in [7, 11) is 0. The lowest BCUT2D eigenvalue weighted by Gasteiger charge is -2.00. The number of aromatic amines is 1. The van der Waals surface area contributed by atoms with Crippen LogP contribution in [0.4, 0.5) is 0 Å². The van der Waals surface area contributed by atoms with Crippen LogP contribution in [0.3, 0.4) is 0 Å². The third kappa shape index (κ3) is 1.43. The summed E-state index contributed by atoms with van der Waals surface area (Å²) in [5.74, 6) is 0. The van der Waals surface area contributed by atoms with Crippen molar-refractivity contribution in [3.05, 3.63) is 28.7 Å². The zero-order chi connectivity index (χ0) is 9.97. The molecule has 0 aliphatic rings. The average Bonchev–Trinajstić information content (AvgIpc) is 2.54. The Kier molecular flexibility index (Phi) is 2.35. The van der Waals surface area contributed by atoms with Crippen molar-refractivity contribution in [2.45, 2.75) is 26.3 Å². The smallest absolute Gasteiger partial charge is 0.267 e. The van der Waals surface area contributed by atoms with Crippen LogP contribution in [0.5, 0.6) is 0 Å². The molecule has 0 amide bonds. The van der Waals surface area contributed by atoms with E-state index in [-0.39, 0.29) is 5.56 Å². The fourth-order valence-electron chi connectivity index (χ4n) is 1.50. The van der Waals surface area contributed by atoms with Gasteiger partial charge in [-0.1, -0.05) is 13.3 Å². The highest BCUT2D eigenvalue weighted by Gasteiger charge is 2.05. The first-order valence-electron chi connectivity index (χ1n) is 4.86. The normalized spacial score (nSPS) is 10.9. The number of fused-ring (bicyclic) bond motifs is 1. The van der Waals surface area contributed by atoms with Gasteiger partial charge in [-0.25, -0.2) is 4.98 Å². The van der Waals surface area contributed by atoms with Gasteiger partial charge in [0.05, 0.1) is 5.39 Å². The fraction of sp³-hybridized carbons (Fsp3) is 0.400. The summed E-state index contributed by atoms with van der Waals surface area (Å²) >= 11 is 0. The van der Waals surface area contributed by atoms with Crippen molar-refractivity contribution in [1.82, 2.24) is 14.8 Å². The van der Waals surface area contributed by atoms with Crippen LogP contribution in [0.2, 0.25) is 0 Å². The van der Waals surface area contributed by atoms with Crippen molar-refractivity contribution in [2.24, 2.45) is 0 Å². The molecule has 0 fully saturated rings. The molecule has 0 unspecified atom stereocenters. The summed E-state index contributed by atoms with van der Waals surface area (Å²) in [6.45, 7) is 2.95. The predicted octanol–water partition coefficient (Wildman–Crippen LogP) is 1.52. The first kappa shape index (κ1) is 8.99. The lowest BCUT2D eigenvalue weighted by Crippen LogP contribution is -2.05. The molecule has 0 aromatic carbocycles. The zero-order valence-electron chi connectivity index (χ0n) is 8.16. The van der Waals surface area contributed by atoms with Crippen LogP contribution in [0.15, 0.2) is 23.1 Å². The molecular weight excluding hydrogens is 178 g/mol. The highest BCUT2D eigenvalue weighted by molar-refractivity contribution is 5.73. The van der Waals surface area contributed by atoms with E-state index >= 15 is 0 Å². The van der Waals surface area contributed by atoms with E-state index in [2.05, 4.69) is 17.0 Å². The summed E-state index contributed by atoms with van der Waals surface area (Å²) < 4.78 is 1.82. The zero-order valence-corrected chi connectivity index (χ0v) is 8.16. The molecule has 0 spiro atoms. The van der Waals surface area contributed by atoms with Crippen molar-refractivity contribution in [3.8, 4) is 0 Å². The maximum absolute atomic E-state index is 11.4. The van der Waals surface area contributed by atoms with Crippen molar-refractivity contribution >= 4 is 11.0 Å². The van der Waals surface area contributed by atoms with Crippen LogP contribution in [-0.4, -0.2) is 14.8 Å². The summed E-state index contributed by atoms with van der Waals surface area (Å²) in [5, 5.41) is 3.46. The monoisotopic (exact) mass is 191 g/mol. The molecule has 4 heteroatoms. The van der Waals surface area contributed by atoms with Gasteiger partial charge >= 0.3 is 0 Å². The second-order valence-corrected chi connectivity index (χ2v) is 3.32. The first-order valence-corrected chi connectivity index (χ1v) is 4.86. The Bertz CT molecular complexity index is 483. The number of nitrogens with one attached hydrogen (secondary N) is 1. The van der Waals surface area contributed by atoms with Crippen LogP contribution in [0.25, 0.3) is 11.0 Å². The van der Waals surface area contributed by atoms with Crippen molar-refractivity contribution in [2.75, 3.05) is 0 Å². The van der Waals surface area contributed by atoms with E-state index in [0.717, 1.165) is 25.0 Å². The maximum atomic E-state index is 11.4. The van der Waals surface area contributed by atoms with Crippen LogP contribution in [0, 0.1) is 0 Å². The Morgan fingerprint density at radius 3 is 3.21 bits per heavy atom. The lowest BCUT2D eigenvalue weighted by atomic mass is 10.3. The Hall–Kier alpha value is -1.58. The van der Waals surface area contributed by atoms with Gasteiger partial charge in [0, 0.05) is 12.7 Å². The van der Waals surface area contributed by atoms with Crippen molar-refractivity contribution < 1.29 is 0 Å². The van der Waals surface area contributed by atoms with Crippen molar-refractivity contribution in [3.63, 3.8) is 0 Å². The van der Waals surface area contributed by atoms with Crippen molar-refractivity contribution in [1.29, 1.82) is 0 Å². The van der Waals surface area contributed by atoms with Gasteiger partial charge in [0.25, 0.3) is 5.56 Å². The Morgan fingerprint density at radius 1 is 1.57 bits per heavy atom. The molecule has 0 saturated carbocycles. The molecule has 2 heterocycles. The van der Waals surface area contributed by atoms with Crippen LogP contribution in [-0.2, 0) is 6.54 Å². The van der Waals surface area contributed by atoms with E-state index in [1.165, 1.54) is 0 Å². The number of unbranched alkanes of at least 4 members (excludes halogenated alkanes) is 1. The Balaban J connectivity index is 2.50. The summed E-state index contributed by atoms with van der Waals surface area (Å²) in [4.78, 5) is 15.6. The molecule has 2 rings (SSSR count). The first-order chi connectivity index (χ1) is 6.83. The van der Waals surface area contributed by atoms with Gasteiger partial charge in [-0.2, -0.15) is 0 Å². The summed E-state index contributed by atoms with van der Waals surface area (Å²) in [6.07, 6.45) is 3.86. The third-order valence-electron chi connectivity index (χ3n) is 2.26. The second-order valence-electron chi connectivity index (χ2n) is 3.32. The highest BCUT2D eigenvalue weighted by Crippen LogP contribution is 2.05. The number of hydrogen-bond donors (Lipinski definition) is 1. The molecule has 0 saturated heterocycles. The molecule has 0 bridgehead atoms. The van der Waals surface area contributed by atoms with Gasteiger partial charge < -0.3 is 0 Å². The van der Waals surface area contributed by atoms with Gasteiger partial charge in [0.15, 0.2) is 5.65 Å². The molecule has 2 aromatic rings. The Morgan fingerprint density at radius 2 is 2.43 bits per heavy atom. The molecule has 0 atom stereocenters. The molecule has 0 aliphatic heterocycles. The SMILES string of the molecule is CCCCn1[nH]c(=O)c2cccnc21. The van der Waals surface area contributed by atoms with Gasteiger partial charge in [-0.05, 0) is 18.6 Å². The van der Waals surface area contributed by atoms with E-state index in [9.17, 15) is 4.79 Å². The minimum atomic E-state index is -0.0517. The lowest BCUT2D eigenvalue weighted by molar-refractivity contribution is 0.580. The standard InChI is InChI=1S/C10H13N3O/c1-2-3-7-13-9-8(10(14)12-13)5-4-6-11-9/h4-6H,2-3,7H2,1H3,(H,12,14). The van der Waals surface area contributed by atoms with Gasteiger partial charge in [0.1, 0.15) is 0 Å². The molecule has 1 N–H and O–H groups in total. The number of pyridine rings is 1. The second kappa shape index (κ2) is 3.65. The molecule has 0 radical (unpaired) electrons. The van der Waals surface area contributed by atoms with Gasteiger partial charge in [0.2, 0.25) is 0 Å². The number of H-pyrrole nitrogens is 1. The number of rotatable bonds is 3. The molecule has 74 valence electrons. The summed E-state index contributed by atoms with van der Waals surface area (Å²) in [5.41, 5.74) is 0.704. The number of aryl methyl sites for hydroxylation is 1. The largest absolute Gasteiger partial charge is 0.273 e. The van der Waals surface area contributed by atoms with E-state index in [1.54, 1.807) is 18.3 Å². The summed E-state index contributed by atoms with van der Waals surface area (Å²) in [6, 6.07) is 3.57. The maximum Gasteiger partial charge on any atom is 0.273 e. The number of aromatic nitrogens is 3.